The molecular formula is C13H16BrN3. The Morgan fingerprint density at radius 2 is 2.06 bits per heavy atom. The van der Waals surface area contributed by atoms with E-state index in [4.69, 9.17) is 5.73 Å². The molecule has 0 saturated heterocycles. The van der Waals surface area contributed by atoms with Gasteiger partial charge < -0.3 is 5.73 Å². The van der Waals surface area contributed by atoms with Gasteiger partial charge in [0.2, 0.25) is 0 Å². The highest BCUT2D eigenvalue weighted by Crippen LogP contribution is 2.28. The van der Waals surface area contributed by atoms with Crippen molar-refractivity contribution in [3.63, 3.8) is 0 Å². The standard InChI is InChI=1S/C13H16BrN3/c1-2-6-12(10-7-4-3-5-8-10)17-13(15)11(14)9-16-17/h3-5,7-9,12H,2,6,15H2,1H3. The minimum Gasteiger partial charge on any atom is -0.383 e. The maximum Gasteiger partial charge on any atom is 0.136 e. The van der Waals surface area contributed by atoms with Crippen LogP contribution in [-0.4, -0.2) is 9.78 Å². The molecule has 2 rings (SSSR count). The molecule has 0 spiro atoms. The fourth-order valence-electron chi connectivity index (χ4n) is 1.98. The van der Waals surface area contributed by atoms with Crippen molar-refractivity contribution in [2.75, 3.05) is 5.73 Å². The van der Waals surface area contributed by atoms with Gasteiger partial charge in [-0.15, -0.1) is 0 Å². The summed E-state index contributed by atoms with van der Waals surface area (Å²) in [5.41, 5.74) is 7.27. The summed E-state index contributed by atoms with van der Waals surface area (Å²) in [6.07, 6.45) is 3.87. The lowest BCUT2D eigenvalue weighted by Crippen LogP contribution is -2.14. The van der Waals surface area contributed by atoms with Gasteiger partial charge in [-0.2, -0.15) is 5.10 Å². The van der Waals surface area contributed by atoms with E-state index < -0.39 is 0 Å². The first-order valence-corrected chi connectivity index (χ1v) is 6.56. The second-order valence-corrected chi connectivity index (χ2v) is 4.89. The maximum atomic E-state index is 6.02. The summed E-state index contributed by atoms with van der Waals surface area (Å²) in [5.74, 6) is 0.687. The van der Waals surface area contributed by atoms with E-state index in [9.17, 15) is 0 Å². The zero-order chi connectivity index (χ0) is 12.3. The lowest BCUT2D eigenvalue weighted by Gasteiger charge is -2.18. The third kappa shape index (κ3) is 2.52. The molecule has 1 aromatic carbocycles. The van der Waals surface area contributed by atoms with Crippen LogP contribution < -0.4 is 5.73 Å². The number of aromatic nitrogens is 2. The van der Waals surface area contributed by atoms with Crippen LogP contribution in [0.4, 0.5) is 5.82 Å². The van der Waals surface area contributed by atoms with Gasteiger partial charge in [-0.25, -0.2) is 4.68 Å². The van der Waals surface area contributed by atoms with Crippen molar-refractivity contribution >= 4 is 21.7 Å². The van der Waals surface area contributed by atoms with Crippen molar-refractivity contribution < 1.29 is 0 Å². The van der Waals surface area contributed by atoms with Crippen LogP contribution in [0.2, 0.25) is 0 Å². The summed E-state index contributed by atoms with van der Waals surface area (Å²) in [4.78, 5) is 0. The number of halogens is 1. The van der Waals surface area contributed by atoms with E-state index in [-0.39, 0.29) is 6.04 Å². The van der Waals surface area contributed by atoms with E-state index in [1.165, 1.54) is 5.56 Å². The topological polar surface area (TPSA) is 43.8 Å². The second kappa shape index (κ2) is 5.36. The van der Waals surface area contributed by atoms with E-state index in [2.05, 4.69) is 40.1 Å². The molecule has 0 radical (unpaired) electrons. The highest BCUT2D eigenvalue weighted by atomic mass is 79.9. The Balaban J connectivity index is 2.39. The fraction of sp³-hybridized carbons (Fsp3) is 0.308. The van der Waals surface area contributed by atoms with Crippen molar-refractivity contribution in [1.82, 2.24) is 9.78 Å². The zero-order valence-electron chi connectivity index (χ0n) is 9.81. The number of nitrogens with zero attached hydrogens (tertiary/aromatic N) is 2. The van der Waals surface area contributed by atoms with Crippen LogP contribution >= 0.6 is 15.9 Å². The molecule has 2 aromatic rings. The first-order valence-electron chi connectivity index (χ1n) is 5.77. The Bertz CT molecular complexity index is 479. The van der Waals surface area contributed by atoms with E-state index >= 15 is 0 Å². The minimum absolute atomic E-state index is 0.215. The van der Waals surface area contributed by atoms with E-state index in [1.807, 2.05) is 22.9 Å². The Morgan fingerprint density at radius 3 is 2.59 bits per heavy atom. The number of benzene rings is 1. The van der Waals surface area contributed by atoms with Gasteiger partial charge in [-0.3, -0.25) is 0 Å². The van der Waals surface area contributed by atoms with Gasteiger partial charge in [0.05, 0.1) is 16.7 Å². The normalized spacial score (nSPS) is 12.6. The SMILES string of the molecule is CCCC(c1ccccc1)n1ncc(Br)c1N. The van der Waals surface area contributed by atoms with Crippen LogP contribution in [0.5, 0.6) is 0 Å². The van der Waals surface area contributed by atoms with Crippen LogP contribution in [0.25, 0.3) is 0 Å². The van der Waals surface area contributed by atoms with Gasteiger partial charge in [0.25, 0.3) is 0 Å². The molecule has 0 fully saturated rings. The quantitative estimate of drug-likeness (QED) is 0.936. The number of rotatable bonds is 4. The molecule has 0 saturated carbocycles. The minimum atomic E-state index is 0.215. The zero-order valence-corrected chi connectivity index (χ0v) is 11.4. The van der Waals surface area contributed by atoms with Crippen molar-refractivity contribution in [1.29, 1.82) is 0 Å². The molecule has 0 aliphatic carbocycles. The summed E-state index contributed by atoms with van der Waals surface area (Å²) in [5, 5.41) is 4.36. The average molecular weight is 294 g/mol. The largest absolute Gasteiger partial charge is 0.383 e. The molecule has 1 heterocycles. The Labute approximate surface area is 110 Å². The third-order valence-electron chi connectivity index (χ3n) is 2.83. The maximum absolute atomic E-state index is 6.02. The first-order chi connectivity index (χ1) is 8.24. The van der Waals surface area contributed by atoms with Crippen LogP contribution in [0, 0.1) is 0 Å². The molecular weight excluding hydrogens is 278 g/mol. The Kier molecular flexibility index (Phi) is 3.84. The van der Waals surface area contributed by atoms with Gasteiger partial charge in [-0.1, -0.05) is 43.7 Å². The van der Waals surface area contributed by atoms with Crippen molar-refractivity contribution in [2.45, 2.75) is 25.8 Å². The molecule has 0 aliphatic rings. The molecule has 1 unspecified atom stereocenters. The monoisotopic (exact) mass is 293 g/mol. The highest BCUT2D eigenvalue weighted by Gasteiger charge is 2.17. The summed E-state index contributed by atoms with van der Waals surface area (Å²) in [6, 6.07) is 10.6. The lowest BCUT2D eigenvalue weighted by atomic mass is 10.0. The summed E-state index contributed by atoms with van der Waals surface area (Å²) in [7, 11) is 0. The van der Waals surface area contributed by atoms with E-state index in [1.54, 1.807) is 6.20 Å². The molecule has 2 N–H and O–H groups in total. The molecule has 0 amide bonds. The van der Waals surface area contributed by atoms with Crippen LogP contribution in [-0.2, 0) is 0 Å². The Hall–Kier alpha value is -1.29. The summed E-state index contributed by atoms with van der Waals surface area (Å²) >= 11 is 3.40. The first kappa shape index (κ1) is 12.2. The third-order valence-corrected chi connectivity index (χ3v) is 3.44. The van der Waals surface area contributed by atoms with Gasteiger partial charge in [0.15, 0.2) is 0 Å². The van der Waals surface area contributed by atoms with Gasteiger partial charge in [0.1, 0.15) is 5.82 Å². The van der Waals surface area contributed by atoms with Gasteiger partial charge >= 0.3 is 0 Å². The number of hydrogen-bond donors (Lipinski definition) is 1. The fourth-order valence-corrected chi connectivity index (χ4v) is 2.25. The molecule has 4 heteroatoms. The smallest absolute Gasteiger partial charge is 0.136 e. The van der Waals surface area contributed by atoms with E-state index in [0.717, 1.165) is 17.3 Å². The number of nitrogen functional groups attached to an aromatic ring is 1. The molecule has 0 aliphatic heterocycles. The molecule has 0 bridgehead atoms. The Morgan fingerprint density at radius 1 is 1.35 bits per heavy atom. The summed E-state index contributed by atoms with van der Waals surface area (Å²) in [6.45, 7) is 2.17. The van der Waals surface area contributed by atoms with Crippen LogP contribution in [0.15, 0.2) is 41.0 Å². The number of anilines is 1. The average Bonchev–Trinajstić information content (AvgIpc) is 2.69. The van der Waals surface area contributed by atoms with Crippen molar-refractivity contribution in [3.05, 3.63) is 46.6 Å². The molecule has 90 valence electrons. The molecule has 17 heavy (non-hydrogen) atoms. The molecule has 1 atom stereocenters. The number of nitrogens with two attached hydrogens (primary N) is 1. The van der Waals surface area contributed by atoms with Crippen LogP contribution in [0.3, 0.4) is 0 Å². The van der Waals surface area contributed by atoms with Crippen LogP contribution in [0.1, 0.15) is 31.4 Å². The number of hydrogen-bond acceptors (Lipinski definition) is 2. The molecule has 3 nitrogen and oxygen atoms in total. The predicted molar refractivity (Wildman–Crippen MR) is 73.8 cm³/mol. The van der Waals surface area contributed by atoms with Crippen molar-refractivity contribution in [2.24, 2.45) is 0 Å². The second-order valence-electron chi connectivity index (χ2n) is 4.04. The van der Waals surface area contributed by atoms with Crippen molar-refractivity contribution in [3.8, 4) is 0 Å². The summed E-state index contributed by atoms with van der Waals surface area (Å²) < 4.78 is 2.75. The lowest BCUT2D eigenvalue weighted by molar-refractivity contribution is 0.490. The van der Waals surface area contributed by atoms with Gasteiger partial charge in [0, 0.05) is 0 Å². The van der Waals surface area contributed by atoms with E-state index in [0.29, 0.717) is 5.82 Å². The highest BCUT2D eigenvalue weighted by molar-refractivity contribution is 9.10. The molecule has 1 aromatic heterocycles. The van der Waals surface area contributed by atoms with Gasteiger partial charge in [-0.05, 0) is 27.9 Å². The predicted octanol–water partition coefficient (Wildman–Crippen LogP) is 3.62.